The molecule has 20 heavy (non-hydrogen) atoms. The minimum absolute atomic E-state index is 0.357. The predicted octanol–water partition coefficient (Wildman–Crippen LogP) is 5.87. The van der Waals surface area contributed by atoms with Crippen LogP contribution in [-0.4, -0.2) is 0 Å². The van der Waals surface area contributed by atoms with Crippen LogP contribution >= 0.6 is 27.5 Å². The molecule has 0 heterocycles. The van der Waals surface area contributed by atoms with E-state index < -0.39 is 17.4 Å². The lowest BCUT2D eigenvalue weighted by atomic mass is 10.1. The highest BCUT2D eigenvalue weighted by atomic mass is 79.9. The molecule has 0 atom stereocenters. The monoisotopic (exact) mass is 360 g/mol. The highest BCUT2D eigenvalue weighted by Crippen LogP contribution is 2.31. The van der Waals surface area contributed by atoms with Crippen molar-refractivity contribution < 1.29 is 13.5 Å². The maximum atomic E-state index is 13.8. The summed E-state index contributed by atoms with van der Waals surface area (Å²) in [6.45, 7) is 1.94. The van der Waals surface area contributed by atoms with Gasteiger partial charge in [0.2, 0.25) is 0 Å². The van der Waals surface area contributed by atoms with E-state index in [2.05, 4.69) is 15.9 Å². The average Bonchev–Trinajstić information content (AvgIpc) is 2.44. The number of rotatable bonds is 4. The molecular weight excluding hydrogens is 350 g/mol. The largest absolute Gasteiger partial charge is 0.451 e. The zero-order valence-electron chi connectivity index (χ0n) is 10.7. The van der Waals surface area contributed by atoms with Crippen LogP contribution < -0.4 is 4.74 Å². The topological polar surface area (TPSA) is 9.23 Å². The third kappa shape index (κ3) is 3.30. The standard InChI is InChI=1S/C15H12BrClF2O/c1-2-10-7-11(3-4-12(10)17)20-15-13(18)5-9(8-16)6-14(15)19/h3-7H,2,8H2,1H3. The van der Waals surface area contributed by atoms with Crippen LogP contribution in [0.1, 0.15) is 18.1 Å². The van der Waals surface area contributed by atoms with Crippen LogP contribution in [0.15, 0.2) is 30.3 Å². The predicted molar refractivity (Wildman–Crippen MR) is 79.9 cm³/mol. The Bertz CT molecular complexity index is 608. The Hall–Kier alpha value is -1.13. The van der Waals surface area contributed by atoms with E-state index >= 15 is 0 Å². The van der Waals surface area contributed by atoms with Crippen molar-refractivity contribution in [3.05, 3.63) is 58.1 Å². The minimum atomic E-state index is -0.729. The number of hydrogen-bond donors (Lipinski definition) is 0. The number of alkyl halides is 1. The molecule has 0 radical (unpaired) electrons. The first-order valence-electron chi connectivity index (χ1n) is 6.05. The second kappa shape index (κ2) is 6.55. The Morgan fingerprint density at radius 3 is 2.35 bits per heavy atom. The zero-order valence-corrected chi connectivity index (χ0v) is 13.1. The molecule has 5 heteroatoms. The highest BCUT2D eigenvalue weighted by molar-refractivity contribution is 9.08. The molecule has 2 aromatic rings. The number of halogens is 4. The average molecular weight is 362 g/mol. The second-order valence-electron chi connectivity index (χ2n) is 4.23. The molecule has 0 bridgehead atoms. The summed E-state index contributed by atoms with van der Waals surface area (Å²) in [5.74, 6) is -1.50. The number of benzene rings is 2. The van der Waals surface area contributed by atoms with E-state index in [1.54, 1.807) is 18.2 Å². The van der Waals surface area contributed by atoms with Gasteiger partial charge in [-0.2, -0.15) is 0 Å². The molecule has 2 rings (SSSR count). The molecule has 0 amide bonds. The van der Waals surface area contributed by atoms with Gasteiger partial charge in [0.05, 0.1) is 0 Å². The van der Waals surface area contributed by atoms with Gasteiger partial charge in [-0.15, -0.1) is 0 Å². The Labute approximate surface area is 129 Å². The third-order valence-electron chi connectivity index (χ3n) is 2.83. The quantitative estimate of drug-likeness (QED) is 0.619. The minimum Gasteiger partial charge on any atom is -0.451 e. The number of aryl methyl sites for hydroxylation is 1. The first-order valence-corrected chi connectivity index (χ1v) is 7.55. The fourth-order valence-corrected chi connectivity index (χ4v) is 2.37. The summed E-state index contributed by atoms with van der Waals surface area (Å²) in [5, 5.41) is 0.984. The van der Waals surface area contributed by atoms with Crippen LogP contribution in [0.5, 0.6) is 11.5 Å². The zero-order chi connectivity index (χ0) is 14.7. The normalized spacial score (nSPS) is 10.7. The van der Waals surface area contributed by atoms with Crippen molar-refractivity contribution in [2.24, 2.45) is 0 Å². The van der Waals surface area contributed by atoms with Crippen molar-refractivity contribution in [1.29, 1.82) is 0 Å². The first-order chi connectivity index (χ1) is 9.55. The molecule has 0 aliphatic carbocycles. The Morgan fingerprint density at radius 1 is 1.15 bits per heavy atom. The maximum absolute atomic E-state index is 13.8. The lowest BCUT2D eigenvalue weighted by Crippen LogP contribution is -1.95. The number of hydrogen-bond acceptors (Lipinski definition) is 1. The summed E-state index contributed by atoms with van der Waals surface area (Å²) in [7, 11) is 0. The van der Waals surface area contributed by atoms with Crippen molar-refractivity contribution in [1.82, 2.24) is 0 Å². The Kier molecular flexibility index (Phi) is 5.00. The SMILES string of the molecule is CCc1cc(Oc2c(F)cc(CBr)cc2F)ccc1Cl. The molecule has 0 fully saturated rings. The van der Waals surface area contributed by atoms with Gasteiger partial charge < -0.3 is 4.74 Å². The van der Waals surface area contributed by atoms with E-state index in [-0.39, 0.29) is 0 Å². The van der Waals surface area contributed by atoms with E-state index in [4.69, 9.17) is 16.3 Å². The summed E-state index contributed by atoms with van der Waals surface area (Å²) in [5.41, 5.74) is 1.37. The molecule has 0 aliphatic rings. The molecule has 0 unspecified atom stereocenters. The van der Waals surface area contributed by atoms with Crippen LogP contribution in [0.3, 0.4) is 0 Å². The van der Waals surface area contributed by atoms with Gasteiger partial charge in [-0.1, -0.05) is 34.5 Å². The maximum Gasteiger partial charge on any atom is 0.198 e. The molecule has 0 spiro atoms. The van der Waals surface area contributed by atoms with E-state index in [0.29, 0.717) is 28.1 Å². The summed E-state index contributed by atoms with van der Waals surface area (Å²) >= 11 is 9.15. The van der Waals surface area contributed by atoms with Crippen molar-refractivity contribution in [3.8, 4) is 11.5 Å². The second-order valence-corrected chi connectivity index (χ2v) is 5.20. The van der Waals surface area contributed by atoms with Crippen molar-refractivity contribution in [2.75, 3.05) is 0 Å². The van der Waals surface area contributed by atoms with Crippen molar-refractivity contribution in [3.63, 3.8) is 0 Å². The lowest BCUT2D eigenvalue weighted by Gasteiger charge is -2.11. The highest BCUT2D eigenvalue weighted by Gasteiger charge is 2.14. The molecule has 2 aromatic carbocycles. The summed E-state index contributed by atoms with van der Waals surface area (Å²) in [6, 6.07) is 7.39. The summed E-state index contributed by atoms with van der Waals surface area (Å²) < 4.78 is 33.0. The van der Waals surface area contributed by atoms with Crippen LogP contribution in [0.4, 0.5) is 8.78 Å². The smallest absolute Gasteiger partial charge is 0.198 e. The molecule has 0 saturated heterocycles. The molecule has 1 nitrogen and oxygen atoms in total. The van der Waals surface area contributed by atoms with E-state index in [0.717, 1.165) is 5.56 Å². The van der Waals surface area contributed by atoms with Crippen LogP contribution in [0.25, 0.3) is 0 Å². The van der Waals surface area contributed by atoms with E-state index in [1.165, 1.54) is 12.1 Å². The fourth-order valence-electron chi connectivity index (χ4n) is 1.79. The molecule has 0 aromatic heterocycles. The molecule has 106 valence electrons. The molecule has 0 N–H and O–H groups in total. The van der Waals surface area contributed by atoms with Gasteiger partial charge in [-0.05, 0) is 47.9 Å². The third-order valence-corrected chi connectivity index (χ3v) is 3.85. The summed E-state index contributed by atoms with van der Waals surface area (Å²) in [6.07, 6.45) is 0.712. The van der Waals surface area contributed by atoms with Crippen molar-refractivity contribution in [2.45, 2.75) is 18.7 Å². The van der Waals surface area contributed by atoms with Crippen LogP contribution in [-0.2, 0) is 11.8 Å². The van der Waals surface area contributed by atoms with Gasteiger partial charge in [0.25, 0.3) is 0 Å². The van der Waals surface area contributed by atoms with Crippen LogP contribution in [0, 0.1) is 11.6 Å². The lowest BCUT2D eigenvalue weighted by molar-refractivity contribution is 0.406. The van der Waals surface area contributed by atoms with Crippen LogP contribution in [0.2, 0.25) is 5.02 Å². The Balaban J connectivity index is 2.35. The number of ether oxygens (including phenoxy) is 1. The van der Waals surface area contributed by atoms with Gasteiger partial charge in [-0.25, -0.2) is 8.78 Å². The summed E-state index contributed by atoms with van der Waals surface area (Å²) in [4.78, 5) is 0. The van der Waals surface area contributed by atoms with Gasteiger partial charge in [0.15, 0.2) is 17.4 Å². The first kappa shape index (κ1) is 15.3. The van der Waals surface area contributed by atoms with Crippen molar-refractivity contribution >= 4 is 27.5 Å². The molecule has 0 aliphatic heterocycles. The Morgan fingerprint density at radius 2 is 1.80 bits per heavy atom. The van der Waals surface area contributed by atoms with Gasteiger partial charge in [0.1, 0.15) is 5.75 Å². The van der Waals surface area contributed by atoms with Gasteiger partial charge in [0, 0.05) is 10.4 Å². The van der Waals surface area contributed by atoms with Gasteiger partial charge in [-0.3, -0.25) is 0 Å². The van der Waals surface area contributed by atoms with E-state index in [1.807, 2.05) is 6.92 Å². The fraction of sp³-hybridized carbons (Fsp3) is 0.200. The van der Waals surface area contributed by atoms with Gasteiger partial charge >= 0.3 is 0 Å². The molecule has 0 saturated carbocycles. The molecular formula is C15H12BrClF2O. The van der Waals surface area contributed by atoms with E-state index in [9.17, 15) is 8.78 Å².